The number of benzene rings is 11. The molecule has 0 aliphatic carbocycles. The summed E-state index contributed by atoms with van der Waals surface area (Å²) in [4.78, 5) is 10.2. The summed E-state index contributed by atoms with van der Waals surface area (Å²) < 4.78 is 0. The van der Waals surface area contributed by atoms with Crippen molar-refractivity contribution in [3.63, 3.8) is 0 Å². The van der Waals surface area contributed by atoms with Gasteiger partial charge in [-0.15, -0.1) is 0 Å². The largest absolute Gasteiger partial charge is 0.228 e. The van der Waals surface area contributed by atoms with Crippen molar-refractivity contribution in [2.24, 2.45) is 0 Å². The maximum Gasteiger partial charge on any atom is 0.160 e. The van der Waals surface area contributed by atoms with Gasteiger partial charge in [-0.3, -0.25) is 0 Å². The van der Waals surface area contributed by atoms with Crippen molar-refractivity contribution in [3.05, 3.63) is 218 Å². The van der Waals surface area contributed by atoms with E-state index in [0.29, 0.717) is 0 Å². The van der Waals surface area contributed by atoms with Crippen molar-refractivity contribution in [2.75, 3.05) is 0 Å². The van der Waals surface area contributed by atoms with Gasteiger partial charge < -0.3 is 0 Å². The summed E-state index contributed by atoms with van der Waals surface area (Å²) in [5.41, 5.74) is 8.78. The van der Waals surface area contributed by atoms with E-state index >= 15 is 0 Å². The molecule has 286 valence electrons. The number of nitrogens with zero attached hydrogens (tertiary/aromatic N) is 2. The molecule has 0 amide bonds. The molecular weight excluding hydrogens is 749 g/mol. The van der Waals surface area contributed by atoms with Gasteiger partial charge in [0.15, 0.2) is 5.82 Å². The first-order valence-electron chi connectivity index (χ1n) is 21.3. The first-order chi connectivity index (χ1) is 30.8. The predicted octanol–water partition coefficient (Wildman–Crippen LogP) is 16.4. The van der Waals surface area contributed by atoms with Crippen LogP contribution < -0.4 is 0 Å². The fraction of sp³-hybridized carbons (Fsp3) is 0. The van der Waals surface area contributed by atoms with Crippen LogP contribution in [-0.4, -0.2) is 9.97 Å². The second-order valence-corrected chi connectivity index (χ2v) is 16.4. The van der Waals surface area contributed by atoms with Gasteiger partial charge in [-0.05, 0) is 110 Å². The van der Waals surface area contributed by atoms with Crippen LogP contribution >= 0.6 is 0 Å². The second kappa shape index (κ2) is 13.7. The second-order valence-electron chi connectivity index (χ2n) is 16.4. The molecule has 62 heavy (non-hydrogen) atoms. The summed E-state index contributed by atoms with van der Waals surface area (Å²) in [6.45, 7) is 0. The number of hydrogen-bond acceptors (Lipinski definition) is 2. The number of rotatable bonds is 4. The quantitative estimate of drug-likeness (QED) is 0.131. The number of aromatic nitrogens is 2. The highest BCUT2D eigenvalue weighted by molar-refractivity contribution is 6.33. The fourth-order valence-corrected chi connectivity index (χ4v) is 10.3. The first-order valence-corrected chi connectivity index (χ1v) is 21.3. The lowest BCUT2D eigenvalue weighted by atomic mass is 9.84. The summed E-state index contributed by atoms with van der Waals surface area (Å²) in [5, 5.41) is 18.7. The van der Waals surface area contributed by atoms with Gasteiger partial charge in [-0.2, -0.15) is 0 Å². The van der Waals surface area contributed by atoms with Crippen LogP contribution in [0.2, 0.25) is 0 Å². The van der Waals surface area contributed by atoms with Crippen molar-refractivity contribution in [1.82, 2.24) is 9.97 Å². The highest BCUT2D eigenvalue weighted by atomic mass is 14.9. The Bertz CT molecular complexity index is 3900. The minimum atomic E-state index is 0.719. The van der Waals surface area contributed by atoms with Crippen LogP contribution in [0.25, 0.3) is 131 Å². The van der Waals surface area contributed by atoms with Crippen molar-refractivity contribution in [3.8, 4) is 44.9 Å². The van der Waals surface area contributed by atoms with E-state index in [1.54, 1.807) is 0 Å². The zero-order chi connectivity index (χ0) is 40.7. The summed E-state index contributed by atoms with van der Waals surface area (Å²) in [6.07, 6.45) is 0. The van der Waals surface area contributed by atoms with E-state index in [-0.39, 0.29) is 0 Å². The average molecular weight is 785 g/mol. The SMILES string of the molecule is c1ccc(-c2nc(-c3ccc(-c4c5ccccc5c(-c5ccc6c(c5)c5ccccc5c5cccc7ccc8cccc6c8c75)c5ccccc45)cc3)nc3ccccc23)cc1. The highest BCUT2D eigenvalue weighted by Gasteiger charge is 2.19. The Morgan fingerprint density at radius 1 is 0.242 bits per heavy atom. The van der Waals surface area contributed by atoms with Gasteiger partial charge in [0.25, 0.3) is 0 Å². The first kappa shape index (κ1) is 34.6. The Balaban J connectivity index is 1.03. The van der Waals surface area contributed by atoms with E-state index in [1.165, 1.54) is 92.1 Å². The van der Waals surface area contributed by atoms with Gasteiger partial charge in [0, 0.05) is 16.5 Å². The van der Waals surface area contributed by atoms with Crippen LogP contribution in [0.15, 0.2) is 218 Å². The molecule has 0 atom stereocenters. The maximum absolute atomic E-state index is 5.17. The molecule has 1 heterocycles. The van der Waals surface area contributed by atoms with Gasteiger partial charge in [0.1, 0.15) is 0 Å². The molecule has 0 unspecified atom stereocenters. The number of hydrogen-bond donors (Lipinski definition) is 0. The monoisotopic (exact) mass is 784 g/mol. The van der Waals surface area contributed by atoms with Gasteiger partial charge in [0.05, 0.1) is 11.2 Å². The molecule has 2 heteroatoms. The van der Waals surface area contributed by atoms with Crippen LogP contribution in [0.1, 0.15) is 0 Å². The molecule has 13 aromatic rings. The molecule has 0 saturated carbocycles. The Labute approximate surface area is 358 Å². The lowest BCUT2D eigenvalue weighted by molar-refractivity contribution is 1.23. The van der Waals surface area contributed by atoms with Crippen molar-refractivity contribution < 1.29 is 0 Å². The molecule has 1 aromatic heterocycles. The van der Waals surface area contributed by atoms with Gasteiger partial charge in [0.2, 0.25) is 0 Å². The minimum Gasteiger partial charge on any atom is -0.228 e. The minimum absolute atomic E-state index is 0.719. The van der Waals surface area contributed by atoms with E-state index in [9.17, 15) is 0 Å². The molecule has 0 N–H and O–H groups in total. The molecule has 12 aromatic carbocycles. The Morgan fingerprint density at radius 3 is 1.31 bits per heavy atom. The topological polar surface area (TPSA) is 25.8 Å². The Kier molecular flexibility index (Phi) is 7.64. The lowest BCUT2D eigenvalue weighted by Gasteiger charge is -2.19. The number of fused-ring (bicyclic) bond motifs is 8. The molecule has 2 nitrogen and oxygen atoms in total. The van der Waals surface area contributed by atoms with Crippen molar-refractivity contribution >= 4 is 86.3 Å². The fourth-order valence-electron chi connectivity index (χ4n) is 10.3. The van der Waals surface area contributed by atoms with Crippen molar-refractivity contribution in [1.29, 1.82) is 0 Å². The van der Waals surface area contributed by atoms with Gasteiger partial charge >= 0.3 is 0 Å². The van der Waals surface area contributed by atoms with Crippen LogP contribution in [-0.2, 0) is 0 Å². The average Bonchev–Trinajstić information content (AvgIpc) is 3.34. The summed E-state index contributed by atoms with van der Waals surface area (Å²) in [5.74, 6) is 0.719. The van der Waals surface area contributed by atoms with Crippen LogP contribution in [0, 0.1) is 0 Å². The van der Waals surface area contributed by atoms with E-state index in [4.69, 9.17) is 9.97 Å². The molecule has 13 rings (SSSR count). The molecule has 0 bridgehead atoms. The smallest absolute Gasteiger partial charge is 0.160 e. The molecule has 0 radical (unpaired) electrons. The van der Waals surface area contributed by atoms with Gasteiger partial charge in [-0.25, -0.2) is 9.97 Å². The van der Waals surface area contributed by atoms with E-state index in [0.717, 1.165) is 39.1 Å². The lowest BCUT2D eigenvalue weighted by Crippen LogP contribution is -1.95. The van der Waals surface area contributed by atoms with Crippen LogP contribution in [0.5, 0.6) is 0 Å². The zero-order valence-corrected chi connectivity index (χ0v) is 33.7. The van der Waals surface area contributed by atoms with E-state index in [1.807, 2.05) is 12.1 Å². The molecule has 0 aliphatic heterocycles. The third kappa shape index (κ3) is 5.23. The maximum atomic E-state index is 5.17. The van der Waals surface area contributed by atoms with E-state index in [2.05, 4.69) is 206 Å². The normalized spacial score (nSPS) is 11.9. The van der Waals surface area contributed by atoms with Crippen LogP contribution in [0.4, 0.5) is 0 Å². The Morgan fingerprint density at radius 2 is 0.694 bits per heavy atom. The summed E-state index contributed by atoms with van der Waals surface area (Å²) in [7, 11) is 0. The summed E-state index contributed by atoms with van der Waals surface area (Å²) >= 11 is 0. The number of para-hydroxylation sites is 1. The Hall–Kier alpha value is -8.20. The standard InChI is InChI=1S/C60H36N2/c1-2-14-40(15-3-1)59-52-24-10-11-27-54(52)61-60(62-59)41-32-30-39(31-33-41)55-48-20-6-8-22-50(48)56(51-23-9-7-21-49(51)55)42-34-35-45-47-26-13-17-38-29-28-37-16-12-25-46(57(37)58(38)47)43-18-4-5-19-44(43)53(45)36-42/h1-36H. The third-order valence-electron chi connectivity index (χ3n) is 13.0. The predicted molar refractivity (Wildman–Crippen MR) is 264 cm³/mol. The van der Waals surface area contributed by atoms with E-state index < -0.39 is 0 Å². The molecule has 0 spiro atoms. The summed E-state index contributed by atoms with van der Waals surface area (Å²) in [6, 6.07) is 79.6. The van der Waals surface area contributed by atoms with Gasteiger partial charge in [-0.1, -0.05) is 206 Å². The molecule has 0 saturated heterocycles. The van der Waals surface area contributed by atoms with Crippen LogP contribution in [0.3, 0.4) is 0 Å². The molecular formula is C60H36N2. The zero-order valence-electron chi connectivity index (χ0n) is 33.7. The third-order valence-corrected chi connectivity index (χ3v) is 13.0. The van der Waals surface area contributed by atoms with Crippen molar-refractivity contribution in [2.45, 2.75) is 0 Å². The molecule has 0 aliphatic rings. The molecule has 0 fully saturated rings. The highest BCUT2D eigenvalue weighted by Crippen LogP contribution is 2.46.